The van der Waals surface area contributed by atoms with Gasteiger partial charge in [0, 0.05) is 17.8 Å². The molecule has 0 aliphatic heterocycles. The van der Waals surface area contributed by atoms with E-state index >= 15 is 0 Å². The predicted molar refractivity (Wildman–Crippen MR) is 91.5 cm³/mol. The first kappa shape index (κ1) is 20.3. The van der Waals surface area contributed by atoms with Gasteiger partial charge in [-0.05, 0) is 38.2 Å². The first-order valence-corrected chi connectivity index (χ1v) is 8.26. The van der Waals surface area contributed by atoms with Crippen molar-refractivity contribution in [2.45, 2.75) is 70.8 Å². The van der Waals surface area contributed by atoms with Gasteiger partial charge >= 0.3 is 0 Å². The molecule has 4 nitrogen and oxygen atoms in total. The van der Waals surface area contributed by atoms with Crippen LogP contribution in [0.25, 0.3) is 0 Å². The molecule has 0 aliphatic rings. The molecule has 124 valence electrons. The highest BCUT2D eigenvalue weighted by molar-refractivity contribution is 5.48. The molecule has 0 rings (SSSR count). The molecule has 0 heterocycles. The van der Waals surface area contributed by atoms with Gasteiger partial charge in [-0.1, -0.05) is 50.1 Å². The van der Waals surface area contributed by atoms with Crippen molar-refractivity contribution in [3.63, 3.8) is 0 Å². The van der Waals surface area contributed by atoms with Gasteiger partial charge in [0.05, 0.1) is 0 Å². The molecular weight excluding hydrogens is 278 g/mol. The van der Waals surface area contributed by atoms with Crippen molar-refractivity contribution in [2.24, 2.45) is 0 Å². The highest BCUT2D eigenvalue weighted by Gasteiger charge is 2.12. The third-order valence-corrected chi connectivity index (χ3v) is 3.28. The van der Waals surface area contributed by atoms with Crippen LogP contribution in [0.5, 0.6) is 0 Å². The standard InChI is InChI=1S/C18H29NO3/c1-2-3-4-12-15-18(19(21)22)16-13-10-8-6-5-7-9-11-14-17-20/h5-6,10,12-13,15,17-18H,2-4,7-9,11,14,16H2,1H3/b6-5-,13-10-,15-12+. The van der Waals surface area contributed by atoms with E-state index in [4.69, 9.17) is 0 Å². The Hall–Kier alpha value is -1.71. The predicted octanol–water partition coefficient (Wildman–Crippen LogP) is 5.03. The van der Waals surface area contributed by atoms with Gasteiger partial charge in [0.2, 0.25) is 6.04 Å². The van der Waals surface area contributed by atoms with Gasteiger partial charge in [0.1, 0.15) is 6.29 Å². The first-order chi connectivity index (χ1) is 10.7. The zero-order valence-electron chi connectivity index (χ0n) is 13.7. The Labute approximate surface area is 134 Å². The largest absolute Gasteiger partial charge is 0.303 e. The Balaban J connectivity index is 3.85. The maximum atomic E-state index is 10.9. The lowest BCUT2D eigenvalue weighted by Crippen LogP contribution is -2.15. The Kier molecular flexibility index (Phi) is 14.5. The van der Waals surface area contributed by atoms with Crippen molar-refractivity contribution in [1.29, 1.82) is 0 Å². The van der Waals surface area contributed by atoms with Crippen molar-refractivity contribution >= 4 is 6.29 Å². The van der Waals surface area contributed by atoms with E-state index in [9.17, 15) is 14.9 Å². The molecule has 0 bridgehead atoms. The van der Waals surface area contributed by atoms with E-state index in [2.05, 4.69) is 19.1 Å². The van der Waals surface area contributed by atoms with Gasteiger partial charge < -0.3 is 4.79 Å². The second-order valence-corrected chi connectivity index (χ2v) is 5.29. The molecular formula is C18H29NO3. The van der Waals surface area contributed by atoms with Crippen molar-refractivity contribution in [3.8, 4) is 0 Å². The van der Waals surface area contributed by atoms with Gasteiger partial charge in [-0.2, -0.15) is 0 Å². The van der Waals surface area contributed by atoms with Gasteiger partial charge in [-0.25, -0.2) is 0 Å². The Bertz CT molecular complexity index is 373. The summed E-state index contributed by atoms with van der Waals surface area (Å²) in [7, 11) is 0. The van der Waals surface area contributed by atoms with Crippen LogP contribution < -0.4 is 0 Å². The molecule has 0 fully saturated rings. The summed E-state index contributed by atoms with van der Waals surface area (Å²) in [6, 6.07) is -0.611. The average molecular weight is 307 g/mol. The molecule has 0 saturated carbocycles. The van der Waals surface area contributed by atoms with E-state index in [1.54, 1.807) is 6.08 Å². The highest BCUT2D eigenvalue weighted by Crippen LogP contribution is 2.05. The molecule has 0 aromatic carbocycles. The molecule has 22 heavy (non-hydrogen) atoms. The fourth-order valence-corrected chi connectivity index (χ4v) is 1.92. The Morgan fingerprint density at radius 1 is 0.955 bits per heavy atom. The van der Waals surface area contributed by atoms with Crippen LogP contribution >= 0.6 is 0 Å². The average Bonchev–Trinajstić information content (AvgIpc) is 2.50. The van der Waals surface area contributed by atoms with Gasteiger partial charge in [-0.3, -0.25) is 10.1 Å². The van der Waals surface area contributed by atoms with Crippen molar-refractivity contribution in [2.75, 3.05) is 0 Å². The number of carbonyl (C=O) groups excluding carboxylic acids is 1. The van der Waals surface area contributed by atoms with Crippen LogP contribution in [0.4, 0.5) is 0 Å². The molecule has 0 N–H and O–H groups in total. The van der Waals surface area contributed by atoms with E-state index in [0.29, 0.717) is 12.8 Å². The van der Waals surface area contributed by atoms with Crippen LogP contribution in [0.3, 0.4) is 0 Å². The topological polar surface area (TPSA) is 60.2 Å². The molecule has 0 aliphatic carbocycles. The number of carbonyl (C=O) groups is 1. The van der Waals surface area contributed by atoms with E-state index in [1.165, 1.54) is 0 Å². The quantitative estimate of drug-likeness (QED) is 0.149. The van der Waals surface area contributed by atoms with Gasteiger partial charge in [0.15, 0.2) is 0 Å². The second kappa shape index (κ2) is 15.7. The molecule has 0 radical (unpaired) electrons. The van der Waals surface area contributed by atoms with Crippen LogP contribution in [-0.2, 0) is 4.79 Å². The lowest BCUT2D eigenvalue weighted by molar-refractivity contribution is -0.508. The van der Waals surface area contributed by atoms with Crippen LogP contribution in [0, 0.1) is 10.1 Å². The van der Waals surface area contributed by atoms with E-state index in [0.717, 1.165) is 51.2 Å². The van der Waals surface area contributed by atoms with E-state index in [-0.39, 0.29) is 4.92 Å². The van der Waals surface area contributed by atoms with Crippen LogP contribution in [0.1, 0.15) is 64.7 Å². The fraction of sp³-hybridized carbons (Fsp3) is 0.611. The first-order valence-electron chi connectivity index (χ1n) is 8.26. The molecule has 0 spiro atoms. The summed E-state index contributed by atoms with van der Waals surface area (Å²) in [5, 5.41) is 10.9. The molecule has 0 aromatic heterocycles. The summed E-state index contributed by atoms with van der Waals surface area (Å²) in [5.74, 6) is 0. The summed E-state index contributed by atoms with van der Waals surface area (Å²) in [4.78, 5) is 20.8. The number of rotatable bonds is 14. The zero-order valence-corrected chi connectivity index (χ0v) is 13.7. The number of allylic oxidation sites excluding steroid dienone is 4. The summed E-state index contributed by atoms with van der Waals surface area (Å²) in [6.45, 7) is 2.11. The molecule has 1 atom stereocenters. The van der Waals surface area contributed by atoms with Crippen LogP contribution in [0.2, 0.25) is 0 Å². The van der Waals surface area contributed by atoms with Gasteiger partial charge in [-0.15, -0.1) is 0 Å². The second-order valence-electron chi connectivity index (χ2n) is 5.29. The third-order valence-electron chi connectivity index (χ3n) is 3.28. The summed E-state index contributed by atoms with van der Waals surface area (Å²) < 4.78 is 0. The SMILES string of the molecule is CCCC/C=C/C(C/C=C\C/C=C\CCCCC=O)[N+](=O)[O-]. The number of hydrogen-bond acceptors (Lipinski definition) is 3. The number of nitrogens with zero attached hydrogens (tertiary/aromatic N) is 1. The number of hydrogen-bond donors (Lipinski definition) is 0. The lowest BCUT2D eigenvalue weighted by atomic mass is 10.1. The minimum Gasteiger partial charge on any atom is -0.303 e. The summed E-state index contributed by atoms with van der Waals surface area (Å²) in [5.41, 5.74) is 0. The summed E-state index contributed by atoms with van der Waals surface area (Å²) in [6.07, 6.45) is 20.6. The lowest BCUT2D eigenvalue weighted by Gasteiger charge is -2.00. The Morgan fingerprint density at radius 3 is 2.32 bits per heavy atom. The van der Waals surface area contributed by atoms with Crippen molar-refractivity contribution < 1.29 is 9.72 Å². The molecule has 0 aromatic rings. The van der Waals surface area contributed by atoms with E-state index < -0.39 is 6.04 Å². The van der Waals surface area contributed by atoms with E-state index in [1.807, 2.05) is 18.2 Å². The molecule has 0 amide bonds. The molecule has 0 saturated heterocycles. The number of aldehydes is 1. The van der Waals surface area contributed by atoms with Crippen LogP contribution in [-0.4, -0.2) is 17.3 Å². The number of unbranched alkanes of at least 4 members (excludes halogenated alkanes) is 5. The zero-order chi connectivity index (χ0) is 16.5. The monoisotopic (exact) mass is 307 g/mol. The van der Waals surface area contributed by atoms with Gasteiger partial charge in [0.25, 0.3) is 0 Å². The Morgan fingerprint density at radius 2 is 1.64 bits per heavy atom. The minimum absolute atomic E-state index is 0.227. The highest BCUT2D eigenvalue weighted by atomic mass is 16.6. The maximum Gasteiger partial charge on any atom is 0.234 e. The summed E-state index contributed by atoms with van der Waals surface area (Å²) >= 11 is 0. The maximum absolute atomic E-state index is 10.9. The normalized spacial score (nSPS) is 13.3. The smallest absolute Gasteiger partial charge is 0.234 e. The molecule has 4 heteroatoms. The minimum atomic E-state index is -0.611. The third kappa shape index (κ3) is 13.3. The molecule has 1 unspecified atom stereocenters. The van der Waals surface area contributed by atoms with Crippen molar-refractivity contribution in [3.05, 3.63) is 46.6 Å². The van der Waals surface area contributed by atoms with Crippen LogP contribution in [0.15, 0.2) is 36.5 Å². The fourth-order valence-electron chi connectivity index (χ4n) is 1.92. The van der Waals surface area contributed by atoms with Crippen molar-refractivity contribution in [1.82, 2.24) is 0 Å². The number of nitro groups is 1.